The SMILES string of the molecule is O=C(Nc1ccc(Br)nc1)c1ccc(Br)c(O)c1. The van der Waals surface area contributed by atoms with Crippen LogP contribution in [0.5, 0.6) is 5.75 Å². The molecule has 0 bridgehead atoms. The summed E-state index contributed by atoms with van der Waals surface area (Å²) in [6, 6.07) is 8.09. The molecule has 92 valence electrons. The Morgan fingerprint density at radius 3 is 2.61 bits per heavy atom. The molecule has 2 N–H and O–H groups in total. The fourth-order valence-electron chi connectivity index (χ4n) is 1.31. The molecule has 1 heterocycles. The summed E-state index contributed by atoms with van der Waals surface area (Å²) < 4.78 is 1.24. The topological polar surface area (TPSA) is 62.2 Å². The molecule has 1 aromatic carbocycles. The van der Waals surface area contributed by atoms with E-state index in [4.69, 9.17) is 0 Å². The molecule has 0 unspecified atom stereocenters. The molecule has 0 radical (unpaired) electrons. The Labute approximate surface area is 120 Å². The van der Waals surface area contributed by atoms with Crippen LogP contribution in [-0.4, -0.2) is 16.0 Å². The quantitative estimate of drug-likeness (QED) is 0.793. The van der Waals surface area contributed by atoms with Crippen molar-refractivity contribution in [1.82, 2.24) is 4.98 Å². The Hall–Kier alpha value is -1.40. The van der Waals surface area contributed by atoms with Crippen LogP contribution in [0.25, 0.3) is 0 Å². The Morgan fingerprint density at radius 2 is 2.00 bits per heavy atom. The Kier molecular flexibility index (Phi) is 3.98. The van der Waals surface area contributed by atoms with E-state index in [0.29, 0.717) is 20.3 Å². The number of nitrogens with zero attached hydrogens (tertiary/aromatic N) is 1. The van der Waals surface area contributed by atoms with Crippen molar-refractivity contribution in [2.75, 3.05) is 5.32 Å². The second-order valence-corrected chi connectivity index (χ2v) is 5.16. The number of nitrogens with one attached hydrogen (secondary N) is 1. The van der Waals surface area contributed by atoms with Crippen molar-refractivity contribution in [3.63, 3.8) is 0 Å². The maximum absolute atomic E-state index is 11.9. The summed E-state index contributed by atoms with van der Waals surface area (Å²) in [4.78, 5) is 15.9. The third-order valence-electron chi connectivity index (χ3n) is 2.19. The van der Waals surface area contributed by atoms with E-state index < -0.39 is 0 Å². The minimum Gasteiger partial charge on any atom is -0.507 e. The molecule has 0 aliphatic heterocycles. The number of hydrogen-bond donors (Lipinski definition) is 2. The molecule has 4 nitrogen and oxygen atoms in total. The number of phenolic OH excluding ortho intramolecular Hbond substituents is 1. The van der Waals surface area contributed by atoms with Crippen molar-refractivity contribution in [2.45, 2.75) is 0 Å². The van der Waals surface area contributed by atoms with E-state index in [0.717, 1.165) is 0 Å². The molecule has 6 heteroatoms. The molecular weight excluding hydrogens is 364 g/mol. The number of hydrogen-bond acceptors (Lipinski definition) is 3. The Balaban J connectivity index is 2.16. The minimum absolute atomic E-state index is 0.0246. The summed E-state index contributed by atoms with van der Waals surface area (Å²) in [5, 5.41) is 12.2. The van der Waals surface area contributed by atoms with Gasteiger partial charge in [0.15, 0.2) is 0 Å². The van der Waals surface area contributed by atoms with Crippen LogP contribution in [0.4, 0.5) is 5.69 Å². The first kappa shape index (κ1) is 13.0. The van der Waals surface area contributed by atoms with Gasteiger partial charge in [-0.3, -0.25) is 4.79 Å². The Bertz CT molecular complexity index is 585. The van der Waals surface area contributed by atoms with Crippen LogP contribution >= 0.6 is 31.9 Å². The molecule has 1 aromatic heterocycles. The van der Waals surface area contributed by atoms with Crippen molar-refractivity contribution in [3.05, 3.63) is 51.2 Å². The van der Waals surface area contributed by atoms with Crippen molar-refractivity contribution < 1.29 is 9.90 Å². The summed E-state index contributed by atoms with van der Waals surface area (Å²) in [6.45, 7) is 0. The molecule has 2 rings (SSSR count). The molecular formula is C12H8Br2N2O2. The van der Waals surface area contributed by atoms with E-state index in [1.165, 1.54) is 6.07 Å². The van der Waals surface area contributed by atoms with E-state index in [2.05, 4.69) is 42.2 Å². The van der Waals surface area contributed by atoms with E-state index in [-0.39, 0.29) is 11.7 Å². The summed E-state index contributed by atoms with van der Waals surface area (Å²) >= 11 is 6.37. The third kappa shape index (κ3) is 3.08. The van der Waals surface area contributed by atoms with Gasteiger partial charge in [0.2, 0.25) is 0 Å². The van der Waals surface area contributed by atoms with Gasteiger partial charge in [-0.25, -0.2) is 4.98 Å². The number of halogens is 2. The zero-order valence-corrected chi connectivity index (χ0v) is 12.2. The highest BCUT2D eigenvalue weighted by Gasteiger charge is 2.08. The lowest BCUT2D eigenvalue weighted by atomic mass is 10.2. The number of phenols is 1. The normalized spacial score (nSPS) is 10.1. The number of carbonyl (C=O) groups is 1. The molecule has 0 aliphatic carbocycles. The average Bonchev–Trinajstić information content (AvgIpc) is 2.35. The fraction of sp³-hybridized carbons (Fsp3) is 0. The van der Waals surface area contributed by atoms with Gasteiger partial charge in [-0.1, -0.05) is 0 Å². The predicted molar refractivity (Wildman–Crippen MR) is 75.7 cm³/mol. The predicted octanol–water partition coefficient (Wildman–Crippen LogP) is 3.56. The molecule has 0 saturated heterocycles. The number of pyridine rings is 1. The maximum atomic E-state index is 11.9. The first-order valence-corrected chi connectivity index (χ1v) is 6.56. The minimum atomic E-state index is -0.304. The van der Waals surface area contributed by atoms with E-state index in [1.54, 1.807) is 30.5 Å². The zero-order chi connectivity index (χ0) is 13.1. The number of carbonyl (C=O) groups excluding carboxylic acids is 1. The van der Waals surface area contributed by atoms with Crippen LogP contribution in [0.15, 0.2) is 45.6 Å². The third-order valence-corrected chi connectivity index (χ3v) is 3.33. The van der Waals surface area contributed by atoms with Crippen LogP contribution in [0, 0.1) is 0 Å². The smallest absolute Gasteiger partial charge is 0.255 e. The van der Waals surface area contributed by atoms with Gasteiger partial charge in [-0.2, -0.15) is 0 Å². The molecule has 18 heavy (non-hydrogen) atoms. The van der Waals surface area contributed by atoms with Gasteiger partial charge in [0.25, 0.3) is 5.91 Å². The summed E-state index contributed by atoms with van der Waals surface area (Å²) in [5.41, 5.74) is 0.962. The second-order valence-electron chi connectivity index (χ2n) is 3.49. The van der Waals surface area contributed by atoms with Crippen LogP contribution in [0.1, 0.15) is 10.4 Å². The molecule has 0 atom stereocenters. The first-order chi connectivity index (χ1) is 8.56. The lowest BCUT2D eigenvalue weighted by Crippen LogP contribution is -2.11. The largest absolute Gasteiger partial charge is 0.507 e. The van der Waals surface area contributed by atoms with Gasteiger partial charge < -0.3 is 10.4 Å². The summed E-state index contributed by atoms with van der Waals surface area (Å²) in [6.07, 6.45) is 1.54. The molecule has 0 aliphatic rings. The Morgan fingerprint density at radius 1 is 1.22 bits per heavy atom. The van der Waals surface area contributed by atoms with E-state index >= 15 is 0 Å². The van der Waals surface area contributed by atoms with Crippen molar-refractivity contribution >= 4 is 43.5 Å². The second kappa shape index (κ2) is 5.49. The lowest BCUT2D eigenvalue weighted by molar-refractivity contribution is 0.102. The molecule has 2 aromatic rings. The number of amides is 1. The number of aromatic nitrogens is 1. The van der Waals surface area contributed by atoms with E-state index in [9.17, 15) is 9.90 Å². The van der Waals surface area contributed by atoms with Crippen molar-refractivity contribution in [2.24, 2.45) is 0 Å². The first-order valence-electron chi connectivity index (χ1n) is 4.97. The van der Waals surface area contributed by atoms with Gasteiger partial charge in [0, 0.05) is 5.56 Å². The van der Waals surface area contributed by atoms with Crippen molar-refractivity contribution in [1.29, 1.82) is 0 Å². The number of rotatable bonds is 2. The molecule has 1 amide bonds. The molecule has 0 fully saturated rings. The monoisotopic (exact) mass is 370 g/mol. The van der Waals surface area contributed by atoms with Crippen molar-refractivity contribution in [3.8, 4) is 5.75 Å². The highest BCUT2D eigenvalue weighted by atomic mass is 79.9. The highest BCUT2D eigenvalue weighted by molar-refractivity contribution is 9.10. The number of benzene rings is 1. The lowest BCUT2D eigenvalue weighted by Gasteiger charge is -2.06. The number of anilines is 1. The zero-order valence-electron chi connectivity index (χ0n) is 9.02. The van der Waals surface area contributed by atoms with Gasteiger partial charge >= 0.3 is 0 Å². The van der Waals surface area contributed by atoms with Gasteiger partial charge in [0.05, 0.1) is 16.4 Å². The molecule has 0 saturated carbocycles. The standard InChI is InChI=1S/C12H8Br2N2O2/c13-9-3-1-7(5-10(9)17)12(18)16-8-2-4-11(14)15-6-8/h1-6,17H,(H,16,18). The number of aromatic hydroxyl groups is 1. The van der Waals surface area contributed by atoms with E-state index in [1.807, 2.05) is 0 Å². The van der Waals surface area contributed by atoms with Crippen LogP contribution in [0.3, 0.4) is 0 Å². The van der Waals surface area contributed by atoms with Gasteiger partial charge in [0.1, 0.15) is 10.4 Å². The van der Waals surface area contributed by atoms with Crippen LogP contribution < -0.4 is 5.32 Å². The summed E-state index contributed by atoms with van der Waals surface area (Å²) in [7, 11) is 0. The highest BCUT2D eigenvalue weighted by Crippen LogP contribution is 2.24. The van der Waals surface area contributed by atoms with Gasteiger partial charge in [-0.05, 0) is 62.2 Å². The van der Waals surface area contributed by atoms with Gasteiger partial charge in [-0.15, -0.1) is 0 Å². The average molecular weight is 372 g/mol. The fourth-order valence-corrected chi connectivity index (χ4v) is 1.79. The molecule has 0 spiro atoms. The van der Waals surface area contributed by atoms with Crippen LogP contribution in [0.2, 0.25) is 0 Å². The summed E-state index contributed by atoms with van der Waals surface area (Å²) in [5.74, 6) is -0.279. The maximum Gasteiger partial charge on any atom is 0.255 e. The van der Waals surface area contributed by atoms with Crippen LogP contribution in [-0.2, 0) is 0 Å².